The molecule has 0 saturated heterocycles. The minimum Gasteiger partial charge on any atom is -0.309 e. The summed E-state index contributed by atoms with van der Waals surface area (Å²) in [6, 6.07) is 62.8. The number of hydrogen-bond donors (Lipinski definition) is 0. The minimum absolute atomic E-state index is 0.0837. The Hall–Kier alpha value is -6.38. The smallest absolute Gasteiger partial charge is 0.0622 e. The van der Waals surface area contributed by atoms with E-state index in [0.29, 0.717) is 0 Å². The maximum absolute atomic E-state index is 2.55. The second-order valence-electron chi connectivity index (χ2n) is 14.5. The van der Waals surface area contributed by atoms with Gasteiger partial charge in [-0.15, -0.1) is 0 Å². The molecule has 0 aliphatic heterocycles. The van der Waals surface area contributed by atoms with Crippen molar-refractivity contribution in [2.45, 2.75) is 19.3 Å². The normalized spacial score (nSPS) is 13.5. The number of hydrogen-bond acceptors (Lipinski definition) is 0. The molecule has 11 rings (SSSR count). The minimum atomic E-state index is -0.0837. The SMILES string of the molecule is CC1(C)c2ccccc2-c2c1ccc1c3cc(-c4ccc5c(c4)c4ccccc4n5-c4ccccc4)ccc3n(-c3cccc4ccccc34)c21. The fourth-order valence-corrected chi connectivity index (χ4v) is 9.13. The first-order chi connectivity index (χ1) is 25.1. The van der Waals surface area contributed by atoms with Gasteiger partial charge >= 0.3 is 0 Å². The van der Waals surface area contributed by atoms with Crippen LogP contribution in [0.25, 0.3) is 88.0 Å². The molecule has 0 fully saturated rings. The van der Waals surface area contributed by atoms with Crippen molar-refractivity contribution in [2.75, 3.05) is 0 Å². The molecule has 2 nitrogen and oxygen atoms in total. The summed E-state index contributed by atoms with van der Waals surface area (Å²) in [5, 5.41) is 7.59. The van der Waals surface area contributed by atoms with Gasteiger partial charge in [0.25, 0.3) is 0 Å². The van der Waals surface area contributed by atoms with E-state index < -0.39 is 0 Å². The Morgan fingerprint density at radius 3 is 1.86 bits per heavy atom. The summed E-state index contributed by atoms with van der Waals surface area (Å²) >= 11 is 0. The van der Waals surface area contributed by atoms with Crippen LogP contribution in [0.4, 0.5) is 0 Å². The summed E-state index contributed by atoms with van der Waals surface area (Å²) in [5.41, 5.74) is 15.2. The van der Waals surface area contributed by atoms with E-state index in [-0.39, 0.29) is 5.41 Å². The number of nitrogens with zero attached hydrogens (tertiary/aromatic N) is 2. The average Bonchev–Trinajstić information content (AvgIpc) is 3.77. The first kappa shape index (κ1) is 28.5. The number of rotatable bonds is 3. The quantitative estimate of drug-likeness (QED) is 0.180. The van der Waals surface area contributed by atoms with Crippen LogP contribution in [0.1, 0.15) is 25.0 Å². The van der Waals surface area contributed by atoms with Crippen LogP contribution < -0.4 is 0 Å². The van der Waals surface area contributed by atoms with Crippen LogP contribution in [0, 0.1) is 0 Å². The molecule has 51 heavy (non-hydrogen) atoms. The average molecular weight is 651 g/mol. The lowest BCUT2D eigenvalue weighted by Gasteiger charge is -2.21. The van der Waals surface area contributed by atoms with Gasteiger partial charge in [-0.1, -0.05) is 135 Å². The highest BCUT2D eigenvalue weighted by Gasteiger charge is 2.37. The number of benzene rings is 8. The summed E-state index contributed by atoms with van der Waals surface area (Å²) in [6.07, 6.45) is 0. The van der Waals surface area contributed by atoms with E-state index in [4.69, 9.17) is 0 Å². The zero-order valence-electron chi connectivity index (χ0n) is 28.6. The van der Waals surface area contributed by atoms with Crippen molar-refractivity contribution in [1.82, 2.24) is 9.13 Å². The summed E-state index contributed by atoms with van der Waals surface area (Å²) in [4.78, 5) is 0. The van der Waals surface area contributed by atoms with Gasteiger partial charge in [0.2, 0.25) is 0 Å². The largest absolute Gasteiger partial charge is 0.309 e. The lowest BCUT2D eigenvalue weighted by atomic mass is 9.82. The summed E-state index contributed by atoms with van der Waals surface area (Å²) < 4.78 is 4.93. The Balaban J connectivity index is 1.21. The molecule has 0 atom stereocenters. The highest BCUT2D eigenvalue weighted by atomic mass is 15.0. The van der Waals surface area contributed by atoms with E-state index in [1.165, 1.54) is 99.1 Å². The molecule has 0 amide bonds. The topological polar surface area (TPSA) is 9.86 Å². The van der Waals surface area contributed by atoms with Crippen LogP contribution in [0.3, 0.4) is 0 Å². The highest BCUT2D eigenvalue weighted by molar-refractivity contribution is 6.17. The molecule has 0 unspecified atom stereocenters. The Labute approximate surface area is 296 Å². The molecule has 10 aromatic rings. The van der Waals surface area contributed by atoms with Crippen LogP contribution >= 0.6 is 0 Å². The van der Waals surface area contributed by atoms with E-state index in [9.17, 15) is 0 Å². The van der Waals surface area contributed by atoms with Gasteiger partial charge in [-0.25, -0.2) is 0 Å². The highest BCUT2D eigenvalue weighted by Crippen LogP contribution is 2.53. The molecule has 8 aromatic carbocycles. The van der Waals surface area contributed by atoms with Gasteiger partial charge in [0.1, 0.15) is 0 Å². The van der Waals surface area contributed by atoms with Gasteiger partial charge in [-0.3, -0.25) is 0 Å². The van der Waals surface area contributed by atoms with Crippen molar-refractivity contribution < 1.29 is 0 Å². The van der Waals surface area contributed by atoms with Crippen molar-refractivity contribution in [3.63, 3.8) is 0 Å². The lowest BCUT2D eigenvalue weighted by Crippen LogP contribution is -2.14. The van der Waals surface area contributed by atoms with Crippen molar-refractivity contribution in [3.8, 4) is 33.6 Å². The van der Waals surface area contributed by atoms with Crippen LogP contribution in [0.5, 0.6) is 0 Å². The Kier molecular flexibility index (Phi) is 5.76. The van der Waals surface area contributed by atoms with Crippen molar-refractivity contribution in [1.29, 1.82) is 0 Å². The maximum Gasteiger partial charge on any atom is 0.0622 e. The standard InChI is InChI=1S/C49H34N2/c1-49(2)41-20-10-8-19-38(41)47-42(49)26-25-37-40-30-33(24-28-46(40)51(48(37)47)43-22-12-14-31-13-6-7-17-35(31)43)32-23-27-45-39(29-32)36-18-9-11-21-44(36)50(45)34-15-4-3-5-16-34/h3-30H,1-2H3. The molecular formula is C49H34N2. The van der Waals surface area contributed by atoms with Crippen LogP contribution in [-0.4, -0.2) is 9.13 Å². The molecule has 2 heterocycles. The Bertz CT molecular complexity index is 3040. The van der Waals surface area contributed by atoms with E-state index in [2.05, 4.69) is 193 Å². The number of aromatic nitrogens is 2. The summed E-state index contributed by atoms with van der Waals surface area (Å²) in [6.45, 7) is 4.74. The maximum atomic E-state index is 2.55. The molecule has 0 N–H and O–H groups in total. The fraction of sp³-hybridized carbons (Fsp3) is 0.0612. The van der Waals surface area contributed by atoms with Crippen LogP contribution in [0.2, 0.25) is 0 Å². The second-order valence-corrected chi connectivity index (χ2v) is 14.5. The molecule has 2 aromatic heterocycles. The fourth-order valence-electron chi connectivity index (χ4n) is 9.13. The van der Waals surface area contributed by atoms with Gasteiger partial charge in [-0.05, 0) is 81.7 Å². The van der Waals surface area contributed by atoms with E-state index in [1.807, 2.05) is 0 Å². The predicted molar refractivity (Wildman–Crippen MR) is 216 cm³/mol. The molecule has 0 spiro atoms. The van der Waals surface area contributed by atoms with Crippen molar-refractivity contribution >= 4 is 54.4 Å². The third-order valence-electron chi connectivity index (χ3n) is 11.5. The molecule has 0 radical (unpaired) electrons. The molecule has 1 aliphatic rings. The zero-order valence-corrected chi connectivity index (χ0v) is 28.6. The Morgan fingerprint density at radius 2 is 1.04 bits per heavy atom. The first-order valence-electron chi connectivity index (χ1n) is 17.9. The van der Waals surface area contributed by atoms with Crippen molar-refractivity contribution in [2.24, 2.45) is 0 Å². The second kappa shape index (κ2) is 10.3. The number of para-hydroxylation sites is 2. The van der Waals surface area contributed by atoms with E-state index in [0.717, 1.165) is 0 Å². The molecule has 2 heteroatoms. The van der Waals surface area contributed by atoms with Gasteiger partial charge in [0.15, 0.2) is 0 Å². The van der Waals surface area contributed by atoms with Crippen molar-refractivity contribution in [3.05, 3.63) is 181 Å². The van der Waals surface area contributed by atoms with E-state index in [1.54, 1.807) is 0 Å². The van der Waals surface area contributed by atoms with Crippen LogP contribution in [-0.2, 0) is 5.41 Å². The molecule has 0 saturated carbocycles. The lowest BCUT2D eigenvalue weighted by molar-refractivity contribution is 0.661. The Morgan fingerprint density at radius 1 is 0.412 bits per heavy atom. The summed E-state index contributed by atoms with van der Waals surface area (Å²) in [7, 11) is 0. The number of fused-ring (bicyclic) bond motifs is 11. The molecular weight excluding hydrogens is 617 g/mol. The van der Waals surface area contributed by atoms with Gasteiger partial charge in [-0.2, -0.15) is 0 Å². The first-order valence-corrected chi connectivity index (χ1v) is 17.9. The summed E-state index contributed by atoms with van der Waals surface area (Å²) in [5.74, 6) is 0. The molecule has 0 bridgehead atoms. The van der Waals surface area contributed by atoms with E-state index >= 15 is 0 Å². The molecule has 1 aliphatic carbocycles. The third-order valence-corrected chi connectivity index (χ3v) is 11.5. The predicted octanol–water partition coefficient (Wildman–Crippen LogP) is 13.0. The third kappa shape index (κ3) is 3.88. The monoisotopic (exact) mass is 650 g/mol. The van der Waals surface area contributed by atoms with Gasteiger partial charge in [0.05, 0.1) is 27.8 Å². The van der Waals surface area contributed by atoms with Gasteiger partial charge in [0, 0.05) is 43.6 Å². The van der Waals surface area contributed by atoms with Gasteiger partial charge < -0.3 is 9.13 Å². The molecule has 240 valence electrons. The zero-order chi connectivity index (χ0) is 33.8. The van der Waals surface area contributed by atoms with Crippen LogP contribution in [0.15, 0.2) is 170 Å².